The topological polar surface area (TPSA) is 42.7 Å². The van der Waals surface area contributed by atoms with Crippen molar-refractivity contribution in [2.45, 2.75) is 39.3 Å². The monoisotopic (exact) mass is 276 g/mol. The molecule has 2 aromatic rings. The van der Waals surface area contributed by atoms with Gasteiger partial charge in [-0.1, -0.05) is 17.7 Å². The number of halogens is 1. The number of hydrogen-bond donors (Lipinski definition) is 1. The maximum Gasteiger partial charge on any atom is 0.138 e. The van der Waals surface area contributed by atoms with Crippen LogP contribution >= 0.6 is 0 Å². The Labute approximate surface area is 119 Å². The van der Waals surface area contributed by atoms with Crippen LogP contribution in [-0.2, 0) is 6.42 Å². The van der Waals surface area contributed by atoms with Crippen molar-refractivity contribution < 1.29 is 4.39 Å². The molecule has 0 radical (unpaired) electrons. The fraction of sp³-hybridized carbons (Fsp3) is 0.467. The highest BCUT2D eigenvalue weighted by Crippen LogP contribution is 2.22. The summed E-state index contributed by atoms with van der Waals surface area (Å²) in [5.41, 5.74) is 1.72. The first-order valence-corrected chi connectivity index (χ1v) is 6.84. The van der Waals surface area contributed by atoms with E-state index in [1.54, 1.807) is 12.4 Å². The van der Waals surface area contributed by atoms with Gasteiger partial charge in [0.25, 0.3) is 0 Å². The van der Waals surface area contributed by atoms with Crippen LogP contribution < -0.4 is 5.32 Å². The van der Waals surface area contributed by atoms with Crippen LogP contribution in [0.5, 0.6) is 0 Å². The zero-order chi connectivity index (χ0) is 14.7. The third kappa shape index (κ3) is 3.04. The Hall–Kier alpha value is -1.75. The first-order chi connectivity index (χ1) is 9.52. The number of benzene rings is 1. The SMILES string of the molecule is CNC(Cc1ncnn1C(C)C)c1cc(C)ccc1F. The molecule has 0 spiro atoms. The molecule has 0 saturated heterocycles. The van der Waals surface area contributed by atoms with E-state index in [4.69, 9.17) is 0 Å². The number of aromatic nitrogens is 3. The molecule has 1 aromatic heterocycles. The third-order valence-electron chi connectivity index (χ3n) is 3.40. The summed E-state index contributed by atoms with van der Waals surface area (Å²) in [5.74, 6) is 0.672. The van der Waals surface area contributed by atoms with Crippen LogP contribution in [0.4, 0.5) is 4.39 Å². The Kier molecular flexibility index (Phi) is 4.49. The van der Waals surface area contributed by atoms with Crippen LogP contribution in [-0.4, -0.2) is 21.8 Å². The van der Waals surface area contributed by atoms with Crippen LogP contribution in [0.15, 0.2) is 24.5 Å². The highest BCUT2D eigenvalue weighted by molar-refractivity contribution is 5.27. The molecule has 0 aliphatic rings. The zero-order valence-corrected chi connectivity index (χ0v) is 12.4. The number of hydrogen-bond acceptors (Lipinski definition) is 3. The number of aryl methyl sites for hydroxylation is 1. The summed E-state index contributed by atoms with van der Waals surface area (Å²) in [4.78, 5) is 4.29. The van der Waals surface area contributed by atoms with Gasteiger partial charge in [0.15, 0.2) is 0 Å². The van der Waals surface area contributed by atoms with Crippen molar-refractivity contribution >= 4 is 0 Å². The molecule has 4 nitrogen and oxygen atoms in total. The maximum absolute atomic E-state index is 14.0. The number of rotatable bonds is 5. The lowest BCUT2D eigenvalue weighted by atomic mass is 10.0. The van der Waals surface area contributed by atoms with Crippen molar-refractivity contribution in [1.82, 2.24) is 20.1 Å². The van der Waals surface area contributed by atoms with Crippen LogP contribution in [0, 0.1) is 12.7 Å². The van der Waals surface area contributed by atoms with E-state index in [2.05, 4.69) is 29.2 Å². The molecule has 20 heavy (non-hydrogen) atoms. The van der Waals surface area contributed by atoms with Gasteiger partial charge in [0.05, 0.1) is 0 Å². The second-order valence-corrected chi connectivity index (χ2v) is 5.28. The minimum absolute atomic E-state index is 0.114. The molecule has 0 amide bonds. The Morgan fingerprint density at radius 3 is 2.75 bits per heavy atom. The van der Waals surface area contributed by atoms with Gasteiger partial charge in [-0.2, -0.15) is 5.10 Å². The fourth-order valence-corrected chi connectivity index (χ4v) is 2.33. The van der Waals surface area contributed by atoms with Gasteiger partial charge in [-0.05, 0) is 33.9 Å². The van der Waals surface area contributed by atoms with Crippen LogP contribution in [0.2, 0.25) is 0 Å². The van der Waals surface area contributed by atoms with Gasteiger partial charge in [0.2, 0.25) is 0 Å². The molecule has 0 fully saturated rings. The molecule has 0 saturated carbocycles. The molecule has 2 rings (SSSR count). The van der Waals surface area contributed by atoms with Crippen LogP contribution in [0.3, 0.4) is 0 Å². The first-order valence-electron chi connectivity index (χ1n) is 6.84. The number of nitrogens with one attached hydrogen (secondary N) is 1. The number of likely N-dealkylation sites (N-methyl/N-ethyl adjacent to an activating group) is 1. The highest BCUT2D eigenvalue weighted by atomic mass is 19.1. The smallest absolute Gasteiger partial charge is 0.138 e. The van der Waals surface area contributed by atoms with Crippen molar-refractivity contribution in [3.63, 3.8) is 0 Å². The van der Waals surface area contributed by atoms with Gasteiger partial charge in [-0.3, -0.25) is 0 Å². The predicted molar refractivity (Wildman–Crippen MR) is 77.0 cm³/mol. The van der Waals surface area contributed by atoms with Gasteiger partial charge >= 0.3 is 0 Å². The number of nitrogens with zero attached hydrogens (tertiary/aromatic N) is 3. The maximum atomic E-state index is 14.0. The van der Waals surface area contributed by atoms with Crippen LogP contribution in [0.25, 0.3) is 0 Å². The van der Waals surface area contributed by atoms with Gasteiger partial charge < -0.3 is 5.32 Å². The summed E-state index contributed by atoms with van der Waals surface area (Å²) in [6, 6.07) is 5.31. The molecule has 108 valence electrons. The fourth-order valence-electron chi connectivity index (χ4n) is 2.33. The van der Waals surface area contributed by atoms with Crippen molar-refractivity contribution in [2.24, 2.45) is 0 Å². The molecule has 0 aliphatic heterocycles. The Morgan fingerprint density at radius 1 is 1.35 bits per heavy atom. The largest absolute Gasteiger partial charge is 0.313 e. The molecule has 1 atom stereocenters. The summed E-state index contributed by atoms with van der Waals surface area (Å²) in [7, 11) is 1.84. The summed E-state index contributed by atoms with van der Waals surface area (Å²) >= 11 is 0. The van der Waals surface area contributed by atoms with E-state index in [0.717, 1.165) is 11.4 Å². The molecular formula is C15H21FN4. The van der Waals surface area contributed by atoms with Gasteiger partial charge in [-0.25, -0.2) is 14.1 Å². The average molecular weight is 276 g/mol. The minimum Gasteiger partial charge on any atom is -0.313 e. The molecule has 1 unspecified atom stereocenters. The molecule has 0 bridgehead atoms. The predicted octanol–water partition coefficient (Wildman–Crippen LogP) is 2.81. The summed E-state index contributed by atoms with van der Waals surface area (Å²) < 4.78 is 15.9. The molecule has 1 N–H and O–H groups in total. The molecular weight excluding hydrogens is 255 g/mol. The normalized spacial score (nSPS) is 12.9. The van der Waals surface area contributed by atoms with E-state index in [-0.39, 0.29) is 17.9 Å². The lowest BCUT2D eigenvalue weighted by Crippen LogP contribution is -2.22. The molecule has 1 heterocycles. The van der Waals surface area contributed by atoms with E-state index < -0.39 is 0 Å². The third-order valence-corrected chi connectivity index (χ3v) is 3.40. The first kappa shape index (κ1) is 14.7. The highest BCUT2D eigenvalue weighted by Gasteiger charge is 2.18. The van der Waals surface area contributed by atoms with Crippen LogP contribution in [0.1, 0.15) is 42.9 Å². The van der Waals surface area contributed by atoms with E-state index in [1.807, 2.05) is 24.7 Å². The van der Waals surface area contributed by atoms with Crippen molar-refractivity contribution in [2.75, 3.05) is 7.05 Å². The quantitative estimate of drug-likeness (QED) is 0.913. The van der Waals surface area contributed by atoms with Crippen molar-refractivity contribution in [3.8, 4) is 0 Å². The minimum atomic E-state index is -0.189. The molecule has 5 heteroatoms. The van der Waals surface area contributed by atoms with Crippen molar-refractivity contribution in [3.05, 3.63) is 47.3 Å². The lowest BCUT2D eigenvalue weighted by molar-refractivity contribution is 0.468. The molecule has 0 aliphatic carbocycles. The zero-order valence-electron chi connectivity index (χ0n) is 12.4. The van der Waals surface area contributed by atoms with Gasteiger partial charge in [-0.15, -0.1) is 0 Å². The Balaban J connectivity index is 2.29. The van der Waals surface area contributed by atoms with E-state index >= 15 is 0 Å². The van der Waals surface area contributed by atoms with E-state index in [0.29, 0.717) is 12.0 Å². The molecule has 1 aromatic carbocycles. The van der Waals surface area contributed by atoms with E-state index in [1.165, 1.54) is 6.07 Å². The Bertz CT molecular complexity index is 577. The van der Waals surface area contributed by atoms with Crippen molar-refractivity contribution in [1.29, 1.82) is 0 Å². The standard InChI is InChI=1S/C15H21FN4/c1-10(2)20-15(18-9-19-20)8-14(17-4)12-7-11(3)5-6-13(12)16/h5-7,9-10,14,17H,8H2,1-4H3. The van der Waals surface area contributed by atoms with Gasteiger partial charge in [0, 0.05) is 24.1 Å². The Morgan fingerprint density at radius 2 is 2.10 bits per heavy atom. The second kappa shape index (κ2) is 6.13. The summed E-state index contributed by atoms with van der Waals surface area (Å²) in [5, 5.41) is 7.39. The van der Waals surface area contributed by atoms with Gasteiger partial charge in [0.1, 0.15) is 18.0 Å². The lowest BCUT2D eigenvalue weighted by Gasteiger charge is -2.19. The average Bonchev–Trinajstić information content (AvgIpc) is 2.87. The van der Waals surface area contributed by atoms with E-state index in [9.17, 15) is 4.39 Å². The summed E-state index contributed by atoms with van der Waals surface area (Å²) in [6.45, 7) is 6.08. The second-order valence-electron chi connectivity index (χ2n) is 5.28. The summed E-state index contributed by atoms with van der Waals surface area (Å²) in [6.07, 6.45) is 2.16.